The molecule has 1 amide bonds. The van der Waals surface area contributed by atoms with Gasteiger partial charge in [-0.05, 0) is 30.0 Å². The van der Waals surface area contributed by atoms with Gasteiger partial charge in [0, 0.05) is 17.2 Å². The van der Waals surface area contributed by atoms with Crippen molar-refractivity contribution < 1.29 is 9.90 Å². The second-order valence-electron chi connectivity index (χ2n) is 7.08. The summed E-state index contributed by atoms with van der Waals surface area (Å²) in [4.78, 5) is 12.5. The van der Waals surface area contributed by atoms with Gasteiger partial charge in [-0.3, -0.25) is 16.0 Å². The molecular formula is C20H28N4O2. The van der Waals surface area contributed by atoms with E-state index in [0.717, 1.165) is 6.42 Å². The molecule has 6 nitrogen and oxygen atoms in total. The Balaban J connectivity index is 2.05. The Morgan fingerprint density at radius 3 is 2.54 bits per heavy atom. The number of nitrogens with one attached hydrogen (secondary N) is 2. The molecule has 1 aliphatic carbocycles. The second-order valence-corrected chi connectivity index (χ2v) is 7.08. The first kappa shape index (κ1) is 19.9. The number of nitrogens with zero attached hydrogens (tertiary/aromatic N) is 1. The molecule has 3 atom stereocenters. The first-order chi connectivity index (χ1) is 12.3. The van der Waals surface area contributed by atoms with Crippen LogP contribution >= 0.6 is 0 Å². The number of amides is 1. The molecule has 2 rings (SSSR count). The van der Waals surface area contributed by atoms with E-state index in [-0.39, 0.29) is 23.3 Å². The maximum Gasteiger partial charge on any atom is 0.251 e. The maximum absolute atomic E-state index is 12.5. The Morgan fingerprint density at radius 1 is 1.31 bits per heavy atom. The summed E-state index contributed by atoms with van der Waals surface area (Å²) >= 11 is 0. The van der Waals surface area contributed by atoms with Crippen LogP contribution in [-0.2, 0) is 5.41 Å². The topological polar surface area (TPSA) is 99.7 Å². The average molecular weight is 356 g/mol. The van der Waals surface area contributed by atoms with E-state index in [1.54, 1.807) is 0 Å². The number of nitrogens with two attached hydrogens (primary N) is 1. The van der Waals surface area contributed by atoms with Crippen molar-refractivity contribution in [3.8, 4) is 0 Å². The first-order valence-electron chi connectivity index (χ1n) is 8.80. The van der Waals surface area contributed by atoms with Crippen LogP contribution in [0, 0.1) is 5.92 Å². The molecule has 2 unspecified atom stereocenters. The lowest BCUT2D eigenvalue weighted by atomic mass is 9.77. The number of allylic oxidation sites excluding steroid dienone is 4. The van der Waals surface area contributed by atoms with E-state index in [4.69, 9.17) is 10.8 Å². The van der Waals surface area contributed by atoms with Gasteiger partial charge in [-0.25, -0.2) is 0 Å². The van der Waals surface area contributed by atoms with E-state index in [9.17, 15) is 4.79 Å². The zero-order chi connectivity index (χ0) is 19.2. The molecule has 0 spiro atoms. The largest absolute Gasteiger partial charge is 0.360 e. The van der Waals surface area contributed by atoms with E-state index < -0.39 is 6.35 Å². The predicted octanol–water partition coefficient (Wildman–Crippen LogP) is 2.02. The Labute approximate surface area is 154 Å². The molecule has 0 aliphatic heterocycles. The molecule has 1 aliphatic rings. The van der Waals surface area contributed by atoms with Crippen LogP contribution in [0.5, 0.6) is 0 Å². The maximum atomic E-state index is 12.5. The van der Waals surface area contributed by atoms with Gasteiger partial charge in [-0.1, -0.05) is 57.2 Å². The molecule has 1 aromatic rings. The fourth-order valence-corrected chi connectivity index (χ4v) is 2.75. The van der Waals surface area contributed by atoms with Crippen molar-refractivity contribution in [2.75, 3.05) is 0 Å². The lowest BCUT2D eigenvalue weighted by Crippen LogP contribution is -2.41. The molecule has 1 aromatic carbocycles. The Morgan fingerprint density at radius 2 is 2.00 bits per heavy atom. The van der Waals surface area contributed by atoms with Crippen LogP contribution < -0.4 is 16.5 Å². The van der Waals surface area contributed by atoms with Crippen molar-refractivity contribution >= 4 is 12.1 Å². The van der Waals surface area contributed by atoms with Crippen molar-refractivity contribution in [3.05, 3.63) is 59.7 Å². The Kier molecular flexibility index (Phi) is 6.71. The van der Waals surface area contributed by atoms with Gasteiger partial charge >= 0.3 is 0 Å². The number of hydrogen-bond acceptors (Lipinski definition) is 5. The highest BCUT2D eigenvalue weighted by atomic mass is 16.3. The molecule has 140 valence electrons. The molecule has 26 heavy (non-hydrogen) atoms. The van der Waals surface area contributed by atoms with E-state index in [0.29, 0.717) is 5.56 Å². The van der Waals surface area contributed by atoms with E-state index in [1.807, 2.05) is 38.1 Å². The molecule has 0 saturated carbocycles. The molecule has 6 heteroatoms. The average Bonchev–Trinajstić information content (AvgIpc) is 2.61. The summed E-state index contributed by atoms with van der Waals surface area (Å²) in [5, 5.41) is 15.8. The summed E-state index contributed by atoms with van der Waals surface area (Å²) in [5.41, 5.74) is 9.24. The number of aliphatic hydroxyl groups excluding tert-OH is 1. The normalized spacial score (nSPS) is 21.8. The lowest BCUT2D eigenvalue weighted by molar-refractivity contribution is 0.0940. The number of carbonyl (C=O) groups excluding carboxylic acids is 1. The highest BCUT2D eigenvalue weighted by Gasteiger charge is 2.23. The Bertz CT molecular complexity index is 692. The van der Waals surface area contributed by atoms with Gasteiger partial charge in [0.25, 0.3) is 5.91 Å². The van der Waals surface area contributed by atoms with Crippen LogP contribution in [0.3, 0.4) is 0 Å². The van der Waals surface area contributed by atoms with E-state index in [2.05, 4.69) is 47.1 Å². The van der Waals surface area contributed by atoms with Gasteiger partial charge in [0.15, 0.2) is 6.35 Å². The number of rotatable bonds is 7. The number of carbonyl (C=O) groups is 1. The molecule has 5 N–H and O–H groups in total. The second kappa shape index (κ2) is 8.78. The summed E-state index contributed by atoms with van der Waals surface area (Å²) in [7, 11) is 0. The third kappa shape index (κ3) is 5.28. The van der Waals surface area contributed by atoms with E-state index in [1.165, 1.54) is 11.8 Å². The molecular weight excluding hydrogens is 328 g/mol. The molecule has 0 heterocycles. The third-order valence-corrected chi connectivity index (χ3v) is 4.52. The summed E-state index contributed by atoms with van der Waals surface area (Å²) in [6, 6.07) is 7.42. The lowest BCUT2D eigenvalue weighted by Gasteiger charge is -2.27. The number of hydrazone groups is 1. The SMILES string of the molecule is CC(C)[C@@H](/C=N/NC(N)O)NC(=O)c1ccc(C2(C)C=CC=CC2)cc1. The zero-order valence-corrected chi connectivity index (χ0v) is 15.5. The molecule has 0 bridgehead atoms. The van der Waals surface area contributed by atoms with Gasteiger partial charge < -0.3 is 10.4 Å². The molecule has 0 radical (unpaired) electrons. The summed E-state index contributed by atoms with van der Waals surface area (Å²) < 4.78 is 0. The monoisotopic (exact) mass is 356 g/mol. The van der Waals surface area contributed by atoms with Crippen LogP contribution in [0.2, 0.25) is 0 Å². The summed E-state index contributed by atoms with van der Waals surface area (Å²) in [5.74, 6) is -0.0315. The van der Waals surface area contributed by atoms with Gasteiger partial charge in [-0.15, -0.1) is 0 Å². The summed E-state index contributed by atoms with van der Waals surface area (Å²) in [6.07, 6.45) is 9.70. The molecule has 0 aromatic heterocycles. The zero-order valence-electron chi connectivity index (χ0n) is 15.5. The minimum atomic E-state index is -1.23. The van der Waals surface area contributed by atoms with Crippen molar-refractivity contribution in [3.63, 3.8) is 0 Å². The van der Waals surface area contributed by atoms with Crippen LogP contribution in [-0.4, -0.2) is 29.6 Å². The smallest absolute Gasteiger partial charge is 0.251 e. The fourth-order valence-electron chi connectivity index (χ4n) is 2.75. The highest BCUT2D eigenvalue weighted by molar-refractivity contribution is 5.96. The number of hydrogen-bond donors (Lipinski definition) is 4. The molecule has 0 fully saturated rings. The summed E-state index contributed by atoms with van der Waals surface area (Å²) in [6.45, 7) is 6.14. The predicted molar refractivity (Wildman–Crippen MR) is 105 cm³/mol. The first-order valence-corrected chi connectivity index (χ1v) is 8.80. The van der Waals surface area contributed by atoms with Crippen molar-refractivity contribution in [2.24, 2.45) is 16.8 Å². The third-order valence-electron chi connectivity index (χ3n) is 4.52. The number of aliphatic hydroxyl groups is 1. The Hall–Kier alpha value is -2.44. The van der Waals surface area contributed by atoms with Crippen LogP contribution in [0.25, 0.3) is 0 Å². The standard InChI is InChI=1S/C20H28N4O2/c1-14(2)17(13-22-24-19(21)26)23-18(25)15-7-9-16(10-8-15)20(3)11-5-4-6-12-20/h4-11,13-14,17,19,24,26H,12,21H2,1-3H3,(H,23,25)/b22-13+/t17-,19?,20?/m1/s1. The minimum Gasteiger partial charge on any atom is -0.360 e. The van der Waals surface area contributed by atoms with Crippen LogP contribution in [0.15, 0.2) is 53.7 Å². The van der Waals surface area contributed by atoms with Crippen molar-refractivity contribution in [1.82, 2.24) is 10.7 Å². The van der Waals surface area contributed by atoms with Gasteiger partial charge in [0.05, 0.1) is 6.04 Å². The highest BCUT2D eigenvalue weighted by Crippen LogP contribution is 2.32. The van der Waals surface area contributed by atoms with Crippen LogP contribution in [0.1, 0.15) is 43.1 Å². The van der Waals surface area contributed by atoms with Crippen LogP contribution in [0.4, 0.5) is 0 Å². The molecule has 0 saturated heterocycles. The van der Waals surface area contributed by atoms with Gasteiger partial charge in [0.1, 0.15) is 0 Å². The quantitative estimate of drug-likeness (QED) is 0.341. The fraction of sp³-hybridized carbons (Fsp3) is 0.400. The van der Waals surface area contributed by atoms with Gasteiger partial charge in [-0.2, -0.15) is 5.10 Å². The van der Waals surface area contributed by atoms with Crippen molar-refractivity contribution in [1.29, 1.82) is 0 Å². The number of benzene rings is 1. The van der Waals surface area contributed by atoms with Gasteiger partial charge in [0.2, 0.25) is 0 Å². The van der Waals surface area contributed by atoms with Crippen molar-refractivity contribution in [2.45, 2.75) is 45.0 Å². The minimum absolute atomic E-state index is 0.0361. The van der Waals surface area contributed by atoms with E-state index >= 15 is 0 Å².